The van der Waals surface area contributed by atoms with Crippen molar-refractivity contribution in [2.75, 3.05) is 22.1 Å². The molecule has 0 bridgehead atoms. The van der Waals surface area contributed by atoms with E-state index in [0.29, 0.717) is 11.4 Å². The molecule has 0 aromatic heterocycles. The van der Waals surface area contributed by atoms with E-state index in [1.807, 2.05) is 31.2 Å². The molecule has 0 aliphatic rings. The van der Waals surface area contributed by atoms with Crippen molar-refractivity contribution in [1.82, 2.24) is 0 Å². The Morgan fingerprint density at radius 3 is 1.85 bits per heavy atom. The van der Waals surface area contributed by atoms with E-state index >= 15 is 0 Å². The van der Waals surface area contributed by atoms with Crippen LogP contribution in [0.1, 0.15) is 5.56 Å². The quantitative estimate of drug-likeness (QED) is 0.729. The number of ether oxygens (including phenoxy) is 1. The average Bonchev–Trinajstić information content (AvgIpc) is 2.58. The molecule has 138 valence electrons. The second kappa shape index (κ2) is 9.76. The number of hydrogen-bond donors (Lipinski definition) is 2. The first-order valence-electron chi connectivity index (χ1n) is 7.71. The van der Waals surface area contributed by atoms with Crippen molar-refractivity contribution in [1.29, 1.82) is 0 Å². The Hall–Kier alpha value is -2.61. The molecule has 0 fully saturated rings. The molecule has 2 aromatic carbocycles. The van der Waals surface area contributed by atoms with Gasteiger partial charge in [0.05, 0.1) is 11.5 Å². The van der Waals surface area contributed by atoms with Crippen LogP contribution in [0.25, 0.3) is 0 Å². The Bertz CT molecular complexity index is 737. The fourth-order valence-electron chi connectivity index (χ4n) is 1.99. The van der Waals surface area contributed by atoms with Crippen molar-refractivity contribution in [3.63, 3.8) is 0 Å². The minimum atomic E-state index is -2.89. The lowest BCUT2D eigenvalue weighted by molar-refractivity contribution is -0.114. The maximum Gasteiger partial charge on any atom is 0.387 e. The molecule has 0 saturated heterocycles. The first-order valence-corrected chi connectivity index (χ1v) is 8.87. The van der Waals surface area contributed by atoms with Gasteiger partial charge in [-0.05, 0) is 43.3 Å². The van der Waals surface area contributed by atoms with Crippen molar-refractivity contribution < 1.29 is 23.1 Å². The molecular formula is C18H18F2N2O3S. The van der Waals surface area contributed by atoms with Gasteiger partial charge in [-0.1, -0.05) is 17.7 Å². The molecule has 2 rings (SSSR count). The Labute approximate surface area is 154 Å². The molecule has 2 N–H and O–H groups in total. The summed E-state index contributed by atoms with van der Waals surface area (Å²) in [7, 11) is 0. The summed E-state index contributed by atoms with van der Waals surface area (Å²) in [5.41, 5.74) is 2.26. The molecule has 26 heavy (non-hydrogen) atoms. The van der Waals surface area contributed by atoms with Crippen LogP contribution in [0.5, 0.6) is 5.75 Å². The first kappa shape index (κ1) is 19.7. The van der Waals surface area contributed by atoms with Gasteiger partial charge in [-0.3, -0.25) is 9.59 Å². The van der Waals surface area contributed by atoms with E-state index < -0.39 is 6.61 Å². The van der Waals surface area contributed by atoms with Gasteiger partial charge in [-0.2, -0.15) is 8.78 Å². The van der Waals surface area contributed by atoms with Gasteiger partial charge in [-0.25, -0.2) is 0 Å². The Morgan fingerprint density at radius 1 is 0.923 bits per heavy atom. The topological polar surface area (TPSA) is 67.4 Å². The van der Waals surface area contributed by atoms with Gasteiger partial charge < -0.3 is 15.4 Å². The fourth-order valence-corrected chi connectivity index (χ4v) is 2.60. The van der Waals surface area contributed by atoms with Gasteiger partial charge in [-0.15, -0.1) is 11.8 Å². The molecular weight excluding hydrogens is 362 g/mol. The minimum absolute atomic E-state index is 0.0140. The number of anilines is 2. The lowest BCUT2D eigenvalue weighted by Gasteiger charge is -2.08. The van der Waals surface area contributed by atoms with Crippen LogP contribution in [0.15, 0.2) is 48.5 Å². The Morgan fingerprint density at radius 2 is 1.38 bits per heavy atom. The highest BCUT2D eigenvalue weighted by Gasteiger charge is 2.08. The molecule has 0 spiro atoms. The molecule has 0 atom stereocenters. The first-order chi connectivity index (χ1) is 12.4. The van der Waals surface area contributed by atoms with E-state index in [9.17, 15) is 18.4 Å². The van der Waals surface area contributed by atoms with Gasteiger partial charge in [0, 0.05) is 11.4 Å². The van der Waals surface area contributed by atoms with E-state index in [0.717, 1.165) is 5.56 Å². The Balaban J connectivity index is 1.69. The maximum absolute atomic E-state index is 12.1. The molecule has 2 amide bonds. The number of hydrogen-bond acceptors (Lipinski definition) is 4. The van der Waals surface area contributed by atoms with Crippen LogP contribution in [0.3, 0.4) is 0 Å². The summed E-state index contributed by atoms with van der Waals surface area (Å²) in [4.78, 5) is 23.7. The highest BCUT2D eigenvalue weighted by atomic mass is 32.2. The van der Waals surface area contributed by atoms with Crippen LogP contribution in [0.2, 0.25) is 0 Å². The van der Waals surface area contributed by atoms with Crippen LogP contribution < -0.4 is 15.4 Å². The van der Waals surface area contributed by atoms with Gasteiger partial charge in [0.25, 0.3) is 0 Å². The molecule has 8 heteroatoms. The fraction of sp³-hybridized carbons (Fsp3) is 0.222. The Kier molecular flexibility index (Phi) is 7.40. The predicted octanol–water partition coefficient (Wildman–Crippen LogP) is 3.91. The number of rotatable bonds is 8. The number of benzene rings is 2. The van der Waals surface area contributed by atoms with Crippen molar-refractivity contribution in [3.05, 3.63) is 54.1 Å². The monoisotopic (exact) mass is 380 g/mol. The standard InChI is InChI=1S/C18H18F2N2O3S/c1-12-2-4-13(5-3-12)21-16(23)10-26-11-17(24)22-14-6-8-15(9-7-14)25-18(19)20/h2-9,18H,10-11H2,1H3,(H,21,23)(H,22,24). The molecule has 0 unspecified atom stereocenters. The van der Waals surface area contributed by atoms with Crippen LogP contribution in [-0.2, 0) is 9.59 Å². The van der Waals surface area contributed by atoms with Crippen molar-refractivity contribution in [2.45, 2.75) is 13.5 Å². The predicted molar refractivity (Wildman–Crippen MR) is 98.8 cm³/mol. The smallest absolute Gasteiger partial charge is 0.387 e. The lowest BCUT2D eigenvalue weighted by atomic mass is 10.2. The number of halogens is 2. The zero-order chi connectivity index (χ0) is 18.9. The molecule has 2 aromatic rings. The second-order valence-electron chi connectivity index (χ2n) is 5.36. The average molecular weight is 380 g/mol. The SMILES string of the molecule is Cc1ccc(NC(=O)CSCC(=O)Nc2ccc(OC(F)F)cc2)cc1. The molecule has 0 radical (unpaired) electrons. The minimum Gasteiger partial charge on any atom is -0.435 e. The normalized spacial score (nSPS) is 10.5. The number of alkyl halides is 2. The summed E-state index contributed by atoms with van der Waals surface area (Å²) in [5, 5.41) is 5.37. The number of amides is 2. The van der Waals surface area contributed by atoms with Crippen LogP contribution in [0, 0.1) is 6.92 Å². The maximum atomic E-state index is 12.1. The number of carbonyl (C=O) groups is 2. The van der Waals surface area contributed by atoms with E-state index in [1.54, 1.807) is 0 Å². The summed E-state index contributed by atoms with van der Waals surface area (Å²) >= 11 is 1.17. The summed E-state index contributed by atoms with van der Waals surface area (Å²) in [6, 6.07) is 13.0. The van der Waals surface area contributed by atoms with Crippen LogP contribution in [-0.4, -0.2) is 29.9 Å². The highest BCUT2D eigenvalue weighted by Crippen LogP contribution is 2.18. The molecule has 0 heterocycles. The third-order valence-electron chi connectivity index (χ3n) is 3.16. The molecule has 0 saturated carbocycles. The van der Waals surface area contributed by atoms with Gasteiger partial charge in [0.1, 0.15) is 5.75 Å². The van der Waals surface area contributed by atoms with Gasteiger partial charge >= 0.3 is 6.61 Å². The lowest BCUT2D eigenvalue weighted by Crippen LogP contribution is -2.18. The van der Waals surface area contributed by atoms with Crippen molar-refractivity contribution in [3.8, 4) is 5.75 Å². The number of nitrogens with one attached hydrogen (secondary N) is 2. The number of thioether (sulfide) groups is 1. The van der Waals surface area contributed by atoms with Crippen molar-refractivity contribution in [2.24, 2.45) is 0 Å². The van der Waals surface area contributed by atoms with Gasteiger partial charge in [0.15, 0.2) is 0 Å². The second-order valence-corrected chi connectivity index (χ2v) is 6.34. The van der Waals surface area contributed by atoms with E-state index in [4.69, 9.17) is 0 Å². The van der Waals surface area contributed by atoms with Crippen molar-refractivity contribution >= 4 is 35.0 Å². The molecule has 5 nitrogen and oxygen atoms in total. The summed E-state index contributed by atoms with van der Waals surface area (Å²) < 4.78 is 28.4. The molecule has 0 aliphatic carbocycles. The summed E-state index contributed by atoms with van der Waals surface area (Å²) in [5.74, 6) is -0.236. The van der Waals surface area contributed by atoms with E-state index in [1.165, 1.54) is 36.0 Å². The van der Waals surface area contributed by atoms with E-state index in [-0.39, 0.29) is 29.1 Å². The zero-order valence-corrected chi connectivity index (χ0v) is 14.8. The van der Waals surface area contributed by atoms with Crippen LogP contribution in [0.4, 0.5) is 20.2 Å². The number of carbonyl (C=O) groups excluding carboxylic acids is 2. The summed E-state index contributed by atoms with van der Waals surface area (Å²) in [6.45, 7) is -0.933. The van der Waals surface area contributed by atoms with E-state index in [2.05, 4.69) is 15.4 Å². The third-order valence-corrected chi connectivity index (χ3v) is 4.10. The van der Waals surface area contributed by atoms with Gasteiger partial charge in [0.2, 0.25) is 11.8 Å². The largest absolute Gasteiger partial charge is 0.435 e. The van der Waals surface area contributed by atoms with Crippen LogP contribution >= 0.6 is 11.8 Å². The molecule has 0 aliphatic heterocycles. The zero-order valence-electron chi connectivity index (χ0n) is 14.0. The number of aryl methyl sites for hydroxylation is 1. The highest BCUT2D eigenvalue weighted by molar-refractivity contribution is 8.00. The summed E-state index contributed by atoms with van der Waals surface area (Å²) in [6.07, 6.45) is 0. The third kappa shape index (κ3) is 7.10.